The standard InChI is InChI=1S/C21H24N2O3/c1-15-13-23(14-17-6-2-4-8-19(17)26-15)21(24)22-12-16-10-11-25-20-9-5-3-7-18(16)20/h2-9,15-16H,10-14H2,1H3,(H,22,24). The summed E-state index contributed by atoms with van der Waals surface area (Å²) >= 11 is 0. The van der Waals surface area contributed by atoms with Crippen LogP contribution in [0.15, 0.2) is 48.5 Å². The van der Waals surface area contributed by atoms with Crippen molar-refractivity contribution >= 4 is 6.03 Å². The molecule has 0 aromatic heterocycles. The summed E-state index contributed by atoms with van der Waals surface area (Å²) in [6.07, 6.45) is 0.882. The lowest BCUT2D eigenvalue weighted by Crippen LogP contribution is -2.44. The topological polar surface area (TPSA) is 50.8 Å². The molecule has 2 unspecified atom stereocenters. The molecular weight excluding hydrogens is 328 g/mol. The second-order valence-corrected chi connectivity index (χ2v) is 6.97. The van der Waals surface area contributed by atoms with Gasteiger partial charge in [0, 0.05) is 18.0 Å². The Morgan fingerprint density at radius 2 is 1.92 bits per heavy atom. The first-order valence-corrected chi connectivity index (χ1v) is 9.20. The summed E-state index contributed by atoms with van der Waals surface area (Å²) in [5, 5.41) is 3.12. The maximum atomic E-state index is 12.8. The Morgan fingerprint density at radius 1 is 1.15 bits per heavy atom. The van der Waals surface area contributed by atoms with Crippen LogP contribution in [0.25, 0.3) is 0 Å². The number of ether oxygens (including phenoxy) is 2. The van der Waals surface area contributed by atoms with Crippen molar-refractivity contribution in [2.24, 2.45) is 0 Å². The van der Waals surface area contributed by atoms with Gasteiger partial charge in [-0.15, -0.1) is 0 Å². The molecule has 2 aliphatic heterocycles. The van der Waals surface area contributed by atoms with Crippen molar-refractivity contribution < 1.29 is 14.3 Å². The van der Waals surface area contributed by atoms with Gasteiger partial charge < -0.3 is 19.7 Å². The van der Waals surface area contributed by atoms with E-state index in [1.54, 1.807) is 0 Å². The van der Waals surface area contributed by atoms with Crippen LogP contribution < -0.4 is 14.8 Å². The van der Waals surface area contributed by atoms with Crippen LogP contribution in [0.4, 0.5) is 4.79 Å². The minimum atomic E-state index is -0.0406. The Bertz CT molecular complexity index is 792. The van der Waals surface area contributed by atoms with Gasteiger partial charge in [-0.2, -0.15) is 0 Å². The molecule has 4 rings (SSSR count). The molecular formula is C21H24N2O3. The van der Waals surface area contributed by atoms with Crippen molar-refractivity contribution in [1.82, 2.24) is 10.2 Å². The average Bonchev–Trinajstić information content (AvgIpc) is 2.84. The Morgan fingerprint density at radius 3 is 2.81 bits per heavy atom. The first-order valence-electron chi connectivity index (χ1n) is 9.20. The van der Waals surface area contributed by atoms with Crippen LogP contribution in [-0.2, 0) is 6.54 Å². The maximum absolute atomic E-state index is 12.8. The molecule has 2 aromatic rings. The fourth-order valence-electron chi connectivity index (χ4n) is 3.69. The molecule has 0 radical (unpaired) electrons. The highest BCUT2D eigenvalue weighted by Gasteiger charge is 2.26. The molecule has 26 heavy (non-hydrogen) atoms. The molecule has 0 spiro atoms. The van der Waals surface area contributed by atoms with E-state index in [1.165, 1.54) is 5.56 Å². The number of fused-ring (bicyclic) bond motifs is 2. The van der Waals surface area contributed by atoms with Gasteiger partial charge in [0.1, 0.15) is 17.6 Å². The van der Waals surface area contributed by atoms with Crippen LogP contribution in [-0.4, -0.2) is 36.7 Å². The number of hydrogen-bond donors (Lipinski definition) is 1. The number of nitrogens with zero attached hydrogens (tertiary/aromatic N) is 1. The zero-order valence-corrected chi connectivity index (χ0v) is 15.0. The number of hydrogen-bond acceptors (Lipinski definition) is 3. The van der Waals surface area contributed by atoms with E-state index in [2.05, 4.69) is 11.4 Å². The van der Waals surface area contributed by atoms with Crippen LogP contribution in [0, 0.1) is 0 Å². The van der Waals surface area contributed by atoms with E-state index >= 15 is 0 Å². The largest absolute Gasteiger partial charge is 0.493 e. The smallest absolute Gasteiger partial charge is 0.317 e. The van der Waals surface area contributed by atoms with E-state index in [-0.39, 0.29) is 18.1 Å². The van der Waals surface area contributed by atoms with Gasteiger partial charge in [0.25, 0.3) is 0 Å². The molecule has 5 heteroatoms. The zero-order chi connectivity index (χ0) is 17.9. The quantitative estimate of drug-likeness (QED) is 0.899. The Kier molecular flexibility index (Phi) is 4.69. The molecule has 0 saturated carbocycles. The highest BCUT2D eigenvalue weighted by atomic mass is 16.5. The first kappa shape index (κ1) is 16.8. The number of carbonyl (C=O) groups excluding carboxylic acids is 1. The molecule has 5 nitrogen and oxygen atoms in total. The van der Waals surface area contributed by atoms with Gasteiger partial charge in [0.15, 0.2) is 0 Å². The molecule has 2 aromatic carbocycles. The van der Waals surface area contributed by atoms with E-state index in [1.807, 2.05) is 54.3 Å². The number of urea groups is 1. The highest BCUT2D eigenvalue weighted by Crippen LogP contribution is 2.33. The fourth-order valence-corrected chi connectivity index (χ4v) is 3.69. The van der Waals surface area contributed by atoms with Crippen molar-refractivity contribution in [2.45, 2.75) is 31.9 Å². The van der Waals surface area contributed by atoms with Gasteiger partial charge in [-0.05, 0) is 31.0 Å². The molecule has 136 valence electrons. The number of para-hydroxylation sites is 2. The summed E-state index contributed by atoms with van der Waals surface area (Å²) < 4.78 is 11.6. The van der Waals surface area contributed by atoms with Crippen molar-refractivity contribution in [3.63, 3.8) is 0 Å². The monoisotopic (exact) mass is 352 g/mol. The number of rotatable bonds is 2. The van der Waals surface area contributed by atoms with E-state index in [9.17, 15) is 4.79 Å². The van der Waals surface area contributed by atoms with Gasteiger partial charge in [-0.3, -0.25) is 0 Å². The molecule has 1 N–H and O–H groups in total. The Balaban J connectivity index is 1.43. The van der Waals surface area contributed by atoms with E-state index in [0.29, 0.717) is 26.2 Å². The van der Waals surface area contributed by atoms with Crippen LogP contribution in [0.2, 0.25) is 0 Å². The normalized spacial score (nSPS) is 21.5. The van der Waals surface area contributed by atoms with Crippen LogP contribution in [0.5, 0.6) is 11.5 Å². The Hall–Kier alpha value is -2.69. The maximum Gasteiger partial charge on any atom is 0.317 e. The molecule has 2 aliphatic rings. The summed E-state index contributed by atoms with van der Waals surface area (Å²) in [7, 11) is 0. The van der Waals surface area contributed by atoms with Gasteiger partial charge in [-0.1, -0.05) is 36.4 Å². The van der Waals surface area contributed by atoms with Gasteiger partial charge in [0.05, 0.1) is 19.7 Å². The van der Waals surface area contributed by atoms with Crippen LogP contribution in [0.3, 0.4) is 0 Å². The third-order valence-corrected chi connectivity index (χ3v) is 5.01. The van der Waals surface area contributed by atoms with E-state index < -0.39 is 0 Å². The number of nitrogens with one attached hydrogen (secondary N) is 1. The zero-order valence-electron chi connectivity index (χ0n) is 15.0. The van der Waals surface area contributed by atoms with Gasteiger partial charge in [0.2, 0.25) is 0 Å². The minimum Gasteiger partial charge on any atom is -0.493 e. The molecule has 0 bridgehead atoms. The summed E-state index contributed by atoms with van der Waals surface area (Å²) in [4.78, 5) is 14.6. The second-order valence-electron chi connectivity index (χ2n) is 6.97. The predicted octanol–water partition coefficient (Wildman–Crippen LogP) is 3.55. The summed E-state index contributed by atoms with van der Waals surface area (Å²) in [6.45, 7) is 4.45. The highest BCUT2D eigenvalue weighted by molar-refractivity contribution is 5.74. The molecule has 0 aliphatic carbocycles. The lowest BCUT2D eigenvalue weighted by Gasteiger charge is -2.28. The lowest BCUT2D eigenvalue weighted by molar-refractivity contribution is 0.157. The SMILES string of the molecule is CC1CN(C(=O)NCC2CCOc3ccccc32)Cc2ccccc2O1. The number of benzene rings is 2. The predicted molar refractivity (Wildman–Crippen MR) is 99.6 cm³/mol. The van der Waals surface area contributed by atoms with Gasteiger partial charge >= 0.3 is 6.03 Å². The molecule has 0 fully saturated rings. The number of amides is 2. The third-order valence-electron chi connectivity index (χ3n) is 5.01. The van der Waals surface area contributed by atoms with Crippen LogP contribution >= 0.6 is 0 Å². The van der Waals surface area contributed by atoms with E-state index in [4.69, 9.17) is 9.47 Å². The summed E-state index contributed by atoms with van der Waals surface area (Å²) in [6, 6.07) is 16.0. The molecule has 0 saturated heterocycles. The Labute approximate surface area is 153 Å². The minimum absolute atomic E-state index is 0.0341. The second kappa shape index (κ2) is 7.28. The molecule has 2 amide bonds. The molecule has 2 atom stereocenters. The van der Waals surface area contributed by atoms with Crippen LogP contribution in [0.1, 0.15) is 30.4 Å². The fraction of sp³-hybridized carbons (Fsp3) is 0.381. The lowest BCUT2D eigenvalue weighted by atomic mass is 9.93. The van der Waals surface area contributed by atoms with Crippen molar-refractivity contribution in [3.05, 3.63) is 59.7 Å². The van der Waals surface area contributed by atoms with Crippen molar-refractivity contribution in [3.8, 4) is 11.5 Å². The summed E-state index contributed by atoms with van der Waals surface area (Å²) in [5.41, 5.74) is 2.22. The van der Waals surface area contributed by atoms with Gasteiger partial charge in [-0.25, -0.2) is 4.79 Å². The summed E-state index contributed by atoms with van der Waals surface area (Å²) in [5.74, 6) is 2.09. The average molecular weight is 352 g/mol. The van der Waals surface area contributed by atoms with Crippen molar-refractivity contribution in [2.75, 3.05) is 19.7 Å². The van der Waals surface area contributed by atoms with Crippen molar-refractivity contribution in [1.29, 1.82) is 0 Å². The molecule has 2 heterocycles. The first-order chi connectivity index (χ1) is 12.7. The third kappa shape index (κ3) is 3.47. The number of carbonyl (C=O) groups is 1. The van der Waals surface area contributed by atoms with E-state index in [0.717, 1.165) is 23.5 Å².